The molecule has 116 valence electrons. The number of aromatic nitrogens is 2. The summed E-state index contributed by atoms with van der Waals surface area (Å²) in [4.78, 5) is 4.23. The summed E-state index contributed by atoms with van der Waals surface area (Å²) in [6.07, 6.45) is 13.8. The lowest BCUT2D eigenvalue weighted by atomic mass is 9.86. The van der Waals surface area contributed by atoms with Gasteiger partial charge in [0.05, 0.1) is 24.0 Å². The number of hydrogen-bond donors (Lipinski definition) is 0. The summed E-state index contributed by atoms with van der Waals surface area (Å²) in [5, 5.41) is 8.97. The molecule has 1 aromatic heterocycles. The minimum Gasteiger partial charge on any atom is -0.330 e. The maximum Gasteiger partial charge on any atom is 0.0991 e. The summed E-state index contributed by atoms with van der Waals surface area (Å²) in [7, 11) is 0. The van der Waals surface area contributed by atoms with Crippen LogP contribution in [-0.2, 0) is 0 Å². The number of imidazole rings is 1. The van der Waals surface area contributed by atoms with Gasteiger partial charge < -0.3 is 4.57 Å². The fourth-order valence-corrected chi connectivity index (χ4v) is 3.50. The van der Waals surface area contributed by atoms with Crippen LogP contribution in [0.25, 0.3) is 0 Å². The van der Waals surface area contributed by atoms with Crippen molar-refractivity contribution in [3.05, 3.63) is 54.1 Å². The van der Waals surface area contributed by atoms with E-state index in [1.165, 1.54) is 44.1 Å². The van der Waals surface area contributed by atoms with Crippen molar-refractivity contribution in [1.82, 2.24) is 9.55 Å². The van der Waals surface area contributed by atoms with Crippen LogP contribution in [0.5, 0.6) is 0 Å². The molecule has 1 unspecified atom stereocenters. The van der Waals surface area contributed by atoms with Crippen LogP contribution in [0.1, 0.15) is 55.7 Å². The lowest BCUT2D eigenvalue weighted by Crippen LogP contribution is -2.19. The molecule has 0 aliphatic heterocycles. The monoisotopic (exact) mass is 315 g/mol. The van der Waals surface area contributed by atoms with Crippen molar-refractivity contribution in [2.75, 3.05) is 0 Å². The van der Waals surface area contributed by atoms with E-state index in [4.69, 9.17) is 5.26 Å². The zero-order valence-electron chi connectivity index (χ0n) is 12.7. The maximum absolute atomic E-state index is 8.97. The summed E-state index contributed by atoms with van der Waals surface area (Å²) in [5.41, 5.74) is 2.02. The van der Waals surface area contributed by atoms with Gasteiger partial charge in [0.2, 0.25) is 0 Å². The van der Waals surface area contributed by atoms with Crippen molar-refractivity contribution in [3.63, 3.8) is 0 Å². The fraction of sp³-hybridized carbons (Fsp3) is 0.444. The first-order valence-electron chi connectivity index (χ1n) is 7.86. The van der Waals surface area contributed by atoms with E-state index in [1.54, 1.807) is 0 Å². The van der Waals surface area contributed by atoms with Crippen LogP contribution < -0.4 is 0 Å². The van der Waals surface area contributed by atoms with Gasteiger partial charge in [-0.05, 0) is 36.5 Å². The van der Waals surface area contributed by atoms with Crippen LogP contribution in [0, 0.1) is 17.2 Å². The average Bonchev–Trinajstić information content (AvgIpc) is 2.91. The third-order valence-electron chi connectivity index (χ3n) is 4.57. The Morgan fingerprint density at radius 1 is 1.09 bits per heavy atom. The van der Waals surface area contributed by atoms with Gasteiger partial charge in [0.1, 0.15) is 0 Å². The van der Waals surface area contributed by atoms with E-state index < -0.39 is 0 Å². The number of rotatable bonds is 3. The third-order valence-corrected chi connectivity index (χ3v) is 4.57. The number of nitrogens with zero attached hydrogens (tertiary/aromatic N) is 3. The molecule has 1 fully saturated rings. The molecule has 22 heavy (non-hydrogen) atoms. The highest BCUT2D eigenvalue weighted by Gasteiger charge is 2.25. The van der Waals surface area contributed by atoms with E-state index >= 15 is 0 Å². The van der Waals surface area contributed by atoms with Gasteiger partial charge in [-0.1, -0.05) is 37.8 Å². The summed E-state index contributed by atoms with van der Waals surface area (Å²) in [5.74, 6) is 0.662. The molecule has 1 heterocycles. The fourth-order valence-electron chi connectivity index (χ4n) is 3.50. The predicted molar refractivity (Wildman–Crippen MR) is 90.0 cm³/mol. The van der Waals surface area contributed by atoms with Crippen LogP contribution in [0.15, 0.2) is 43.0 Å². The minimum atomic E-state index is 0. The zero-order valence-corrected chi connectivity index (χ0v) is 13.5. The first-order valence-corrected chi connectivity index (χ1v) is 7.86. The normalized spacial score (nSPS) is 17.0. The molecule has 1 saturated carbocycles. The molecule has 1 atom stereocenters. The molecule has 4 heteroatoms. The van der Waals surface area contributed by atoms with Crippen molar-refractivity contribution in [2.45, 2.75) is 44.6 Å². The van der Waals surface area contributed by atoms with Gasteiger partial charge in [0.15, 0.2) is 0 Å². The summed E-state index contributed by atoms with van der Waals surface area (Å²) >= 11 is 0. The Morgan fingerprint density at radius 2 is 1.77 bits per heavy atom. The molecule has 0 saturated heterocycles. The highest BCUT2D eigenvalue weighted by atomic mass is 35.5. The maximum atomic E-state index is 8.97. The average molecular weight is 316 g/mol. The SMILES string of the molecule is Cl.N#Cc1ccc(C(C2CCCCCC2)n2ccnc2)cc1. The largest absolute Gasteiger partial charge is 0.330 e. The zero-order chi connectivity index (χ0) is 14.5. The van der Waals surface area contributed by atoms with Crippen LogP contribution >= 0.6 is 12.4 Å². The quantitative estimate of drug-likeness (QED) is 0.768. The molecule has 3 nitrogen and oxygen atoms in total. The van der Waals surface area contributed by atoms with Crippen molar-refractivity contribution in [2.24, 2.45) is 5.92 Å². The first-order chi connectivity index (χ1) is 10.4. The van der Waals surface area contributed by atoms with E-state index in [0.29, 0.717) is 12.0 Å². The highest BCUT2D eigenvalue weighted by Crippen LogP contribution is 2.36. The van der Waals surface area contributed by atoms with E-state index in [1.807, 2.05) is 24.7 Å². The van der Waals surface area contributed by atoms with Gasteiger partial charge in [0, 0.05) is 12.4 Å². The molecule has 0 radical (unpaired) electrons. The predicted octanol–water partition coefficient (Wildman–Crippen LogP) is 4.74. The summed E-state index contributed by atoms with van der Waals surface area (Å²) < 4.78 is 2.23. The van der Waals surface area contributed by atoms with Crippen molar-refractivity contribution in [3.8, 4) is 6.07 Å². The Labute approximate surface area is 138 Å². The van der Waals surface area contributed by atoms with Crippen LogP contribution in [0.2, 0.25) is 0 Å². The van der Waals surface area contributed by atoms with E-state index in [9.17, 15) is 0 Å². The summed E-state index contributed by atoms with van der Waals surface area (Å²) in [6.45, 7) is 0. The Hall–Kier alpha value is -1.79. The molecule has 3 rings (SSSR count). The second kappa shape index (κ2) is 8.00. The van der Waals surface area contributed by atoms with Gasteiger partial charge in [-0.25, -0.2) is 4.98 Å². The van der Waals surface area contributed by atoms with Crippen LogP contribution in [-0.4, -0.2) is 9.55 Å². The molecule has 1 aromatic carbocycles. The Morgan fingerprint density at radius 3 is 2.32 bits per heavy atom. The number of halogens is 1. The summed E-state index contributed by atoms with van der Waals surface area (Å²) in [6, 6.07) is 10.6. The molecule has 0 amide bonds. The van der Waals surface area contributed by atoms with Gasteiger partial charge in [-0.2, -0.15) is 5.26 Å². The van der Waals surface area contributed by atoms with E-state index in [-0.39, 0.29) is 12.4 Å². The molecule has 0 N–H and O–H groups in total. The first kappa shape index (κ1) is 16.6. The lowest BCUT2D eigenvalue weighted by Gasteiger charge is -2.28. The number of nitriles is 1. The highest BCUT2D eigenvalue weighted by molar-refractivity contribution is 5.85. The molecule has 1 aliphatic rings. The van der Waals surface area contributed by atoms with Crippen molar-refractivity contribution in [1.29, 1.82) is 5.26 Å². The standard InChI is InChI=1S/C18H21N3.ClH/c19-13-15-7-9-17(10-8-15)18(21-12-11-20-14-21)16-5-3-1-2-4-6-16;/h7-12,14,16,18H,1-6H2;1H. The lowest BCUT2D eigenvalue weighted by molar-refractivity contribution is 0.338. The Kier molecular flexibility index (Phi) is 6.03. The van der Waals surface area contributed by atoms with Crippen LogP contribution in [0.4, 0.5) is 0 Å². The molecule has 0 bridgehead atoms. The van der Waals surface area contributed by atoms with Crippen molar-refractivity contribution >= 4 is 12.4 Å². The minimum absolute atomic E-state index is 0. The molecule has 2 aromatic rings. The number of benzene rings is 1. The Bertz CT molecular complexity index is 590. The van der Waals surface area contributed by atoms with E-state index in [0.717, 1.165) is 5.56 Å². The number of hydrogen-bond acceptors (Lipinski definition) is 2. The molecule has 1 aliphatic carbocycles. The molecule has 0 spiro atoms. The molecular formula is C18H22ClN3. The van der Waals surface area contributed by atoms with Gasteiger partial charge >= 0.3 is 0 Å². The topological polar surface area (TPSA) is 41.6 Å². The third kappa shape index (κ3) is 3.69. The Balaban J connectivity index is 0.00000176. The van der Waals surface area contributed by atoms with Gasteiger partial charge in [0.25, 0.3) is 0 Å². The smallest absolute Gasteiger partial charge is 0.0991 e. The second-order valence-corrected chi connectivity index (χ2v) is 5.94. The second-order valence-electron chi connectivity index (χ2n) is 5.94. The molecular weight excluding hydrogens is 294 g/mol. The van der Waals surface area contributed by atoms with Crippen LogP contribution in [0.3, 0.4) is 0 Å². The van der Waals surface area contributed by atoms with Crippen molar-refractivity contribution < 1.29 is 0 Å². The van der Waals surface area contributed by atoms with Gasteiger partial charge in [-0.3, -0.25) is 0 Å². The van der Waals surface area contributed by atoms with Gasteiger partial charge in [-0.15, -0.1) is 12.4 Å². The van der Waals surface area contributed by atoms with E-state index in [2.05, 4.69) is 33.9 Å².